The number of hydrogen-bond acceptors (Lipinski definition) is 5. The van der Waals surface area contributed by atoms with Crippen LogP contribution in [0.1, 0.15) is 30.3 Å². The molecule has 6 heteroatoms. The third-order valence-electron chi connectivity index (χ3n) is 4.83. The van der Waals surface area contributed by atoms with E-state index in [1.165, 1.54) is 23.3 Å². The topological polar surface area (TPSA) is 76.8 Å². The van der Waals surface area contributed by atoms with E-state index in [0.29, 0.717) is 18.5 Å². The van der Waals surface area contributed by atoms with E-state index in [0.717, 1.165) is 5.57 Å². The second kappa shape index (κ2) is 6.29. The summed E-state index contributed by atoms with van der Waals surface area (Å²) in [5.74, 6) is -1.31. The maximum Gasteiger partial charge on any atom is 0.379 e. The van der Waals surface area contributed by atoms with E-state index < -0.39 is 5.97 Å². The number of hydrogen-bond donors (Lipinski definition) is 0. The molecule has 0 unspecified atom stereocenters. The summed E-state index contributed by atoms with van der Waals surface area (Å²) in [7, 11) is 0. The Kier molecular flexibility index (Phi) is 3.95. The second-order valence-electron chi connectivity index (χ2n) is 6.58. The van der Waals surface area contributed by atoms with Crippen LogP contribution < -0.4 is 9.64 Å². The first-order valence-electron chi connectivity index (χ1n) is 8.44. The van der Waals surface area contributed by atoms with Gasteiger partial charge in [0.1, 0.15) is 5.75 Å². The molecule has 2 aliphatic rings. The molecule has 1 aromatic heterocycles. The zero-order valence-corrected chi connectivity index (χ0v) is 14.2. The number of ether oxygens (including phenoxy) is 1. The van der Waals surface area contributed by atoms with Crippen LogP contribution in [-0.2, 0) is 9.59 Å². The van der Waals surface area contributed by atoms with E-state index >= 15 is 0 Å². The summed E-state index contributed by atoms with van der Waals surface area (Å²) in [6.07, 6.45) is 4.60. The summed E-state index contributed by atoms with van der Waals surface area (Å²) >= 11 is 0. The van der Waals surface area contributed by atoms with Gasteiger partial charge in [0.25, 0.3) is 0 Å². The van der Waals surface area contributed by atoms with E-state index in [1.54, 1.807) is 24.3 Å². The van der Waals surface area contributed by atoms with Gasteiger partial charge < -0.3 is 9.15 Å². The van der Waals surface area contributed by atoms with E-state index in [9.17, 15) is 14.4 Å². The first-order valence-corrected chi connectivity index (χ1v) is 8.44. The predicted octanol–water partition coefficient (Wildman–Crippen LogP) is 3.34. The lowest BCUT2D eigenvalue weighted by molar-refractivity contribution is -0.122. The van der Waals surface area contributed by atoms with Gasteiger partial charge in [-0.25, -0.2) is 9.69 Å². The van der Waals surface area contributed by atoms with Crippen molar-refractivity contribution in [3.63, 3.8) is 0 Å². The van der Waals surface area contributed by atoms with Crippen LogP contribution >= 0.6 is 0 Å². The van der Waals surface area contributed by atoms with Crippen molar-refractivity contribution in [1.29, 1.82) is 0 Å². The number of fused-ring (bicyclic) bond motifs is 1. The molecule has 132 valence electrons. The molecule has 1 saturated heterocycles. The summed E-state index contributed by atoms with van der Waals surface area (Å²) in [4.78, 5) is 38.7. The average Bonchev–Trinajstić information content (AvgIpc) is 3.23. The Bertz CT molecular complexity index is 912. The normalized spacial score (nSPS) is 22.2. The Balaban J connectivity index is 1.58. The van der Waals surface area contributed by atoms with Crippen LogP contribution in [0.4, 0.5) is 5.69 Å². The number of benzene rings is 1. The molecule has 0 spiro atoms. The first-order chi connectivity index (χ1) is 12.5. The highest BCUT2D eigenvalue weighted by atomic mass is 16.5. The Hall–Kier alpha value is -3.15. The Morgan fingerprint density at radius 2 is 1.96 bits per heavy atom. The molecular weight excluding hydrogens is 334 g/mol. The largest absolute Gasteiger partial charge is 0.457 e. The van der Waals surface area contributed by atoms with Gasteiger partial charge in [-0.05, 0) is 44.0 Å². The smallest absolute Gasteiger partial charge is 0.379 e. The van der Waals surface area contributed by atoms with Gasteiger partial charge in [0.2, 0.25) is 17.6 Å². The number of esters is 1. The van der Waals surface area contributed by atoms with Gasteiger partial charge in [-0.3, -0.25) is 9.59 Å². The SMILES string of the molecule is CC1=CC[C@H]2C(=O)N(c3cccc(OC(=O)c4ccco4)c3)C(=O)[C@@H]2C1. The minimum atomic E-state index is -0.639. The van der Waals surface area contributed by atoms with Crippen molar-refractivity contribution in [2.45, 2.75) is 19.8 Å². The third kappa shape index (κ3) is 2.73. The number of imide groups is 1. The fraction of sp³-hybridized carbons (Fsp3) is 0.250. The van der Waals surface area contributed by atoms with Gasteiger partial charge in [0.05, 0.1) is 23.8 Å². The zero-order valence-electron chi connectivity index (χ0n) is 14.2. The minimum absolute atomic E-state index is 0.0799. The molecule has 2 heterocycles. The summed E-state index contributed by atoms with van der Waals surface area (Å²) in [5.41, 5.74) is 1.55. The maximum atomic E-state index is 12.8. The number of rotatable bonds is 3. The fourth-order valence-electron chi connectivity index (χ4n) is 3.53. The molecule has 2 atom stereocenters. The zero-order chi connectivity index (χ0) is 18.3. The monoisotopic (exact) mass is 351 g/mol. The van der Waals surface area contributed by atoms with Crippen molar-refractivity contribution >= 4 is 23.5 Å². The minimum Gasteiger partial charge on any atom is -0.457 e. The van der Waals surface area contributed by atoms with Crippen LogP contribution in [-0.4, -0.2) is 17.8 Å². The van der Waals surface area contributed by atoms with E-state index in [1.807, 2.05) is 13.0 Å². The average molecular weight is 351 g/mol. The molecule has 2 amide bonds. The van der Waals surface area contributed by atoms with Crippen LogP contribution in [0.2, 0.25) is 0 Å². The summed E-state index contributed by atoms with van der Waals surface area (Å²) in [6.45, 7) is 1.98. The van der Waals surface area contributed by atoms with Crippen LogP contribution in [0.5, 0.6) is 5.75 Å². The molecule has 1 aliphatic heterocycles. The van der Waals surface area contributed by atoms with Gasteiger partial charge in [0.15, 0.2) is 0 Å². The Labute approximate surface area is 150 Å². The van der Waals surface area contributed by atoms with Gasteiger partial charge in [0, 0.05) is 6.07 Å². The number of nitrogens with zero attached hydrogens (tertiary/aromatic N) is 1. The summed E-state index contributed by atoms with van der Waals surface area (Å²) in [6, 6.07) is 9.51. The molecule has 1 aromatic carbocycles. The highest BCUT2D eigenvalue weighted by Gasteiger charge is 2.48. The van der Waals surface area contributed by atoms with Crippen molar-refractivity contribution < 1.29 is 23.5 Å². The second-order valence-corrected chi connectivity index (χ2v) is 6.58. The highest BCUT2D eigenvalue weighted by molar-refractivity contribution is 6.22. The van der Waals surface area contributed by atoms with Crippen molar-refractivity contribution in [3.8, 4) is 5.75 Å². The molecule has 4 rings (SSSR count). The highest BCUT2D eigenvalue weighted by Crippen LogP contribution is 2.40. The molecule has 1 fully saturated rings. The fourth-order valence-corrected chi connectivity index (χ4v) is 3.53. The van der Waals surface area contributed by atoms with Crippen molar-refractivity contribution in [3.05, 3.63) is 60.1 Å². The number of amides is 2. The Morgan fingerprint density at radius 3 is 2.73 bits per heavy atom. The van der Waals surface area contributed by atoms with Gasteiger partial charge in [-0.2, -0.15) is 0 Å². The first kappa shape index (κ1) is 16.3. The van der Waals surface area contributed by atoms with E-state index in [-0.39, 0.29) is 35.2 Å². The van der Waals surface area contributed by atoms with Crippen LogP contribution in [0.15, 0.2) is 58.7 Å². The summed E-state index contributed by atoms with van der Waals surface area (Å²) in [5, 5.41) is 0. The predicted molar refractivity (Wildman–Crippen MR) is 92.6 cm³/mol. The van der Waals surface area contributed by atoms with Crippen molar-refractivity contribution in [2.75, 3.05) is 4.90 Å². The maximum absolute atomic E-state index is 12.8. The van der Waals surface area contributed by atoms with Crippen LogP contribution in [0, 0.1) is 11.8 Å². The molecule has 1 aliphatic carbocycles. The number of anilines is 1. The lowest BCUT2D eigenvalue weighted by Gasteiger charge is -2.18. The van der Waals surface area contributed by atoms with Crippen molar-refractivity contribution in [2.24, 2.45) is 11.8 Å². The van der Waals surface area contributed by atoms with Gasteiger partial charge in [-0.15, -0.1) is 0 Å². The van der Waals surface area contributed by atoms with Crippen LogP contribution in [0.25, 0.3) is 0 Å². The van der Waals surface area contributed by atoms with Gasteiger partial charge in [-0.1, -0.05) is 17.7 Å². The molecule has 26 heavy (non-hydrogen) atoms. The van der Waals surface area contributed by atoms with Gasteiger partial charge >= 0.3 is 5.97 Å². The third-order valence-corrected chi connectivity index (χ3v) is 4.83. The standard InChI is InChI=1S/C20H17NO5/c1-12-7-8-15-16(10-12)19(23)21(18(15)22)13-4-2-5-14(11-13)26-20(24)17-6-3-9-25-17/h2-7,9,11,15-16H,8,10H2,1H3/t15-,16-/m1/s1. The number of furan rings is 1. The van der Waals surface area contributed by atoms with Crippen molar-refractivity contribution in [1.82, 2.24) is 0 Å². The summed E-state index contributed by atoms with van der Waals surface area (Å²) < 4.78 is 10.3. The Morgan fingerprint density at radius 1 is 1.15 bits per heavy atom. The molecule has 6 nitrogen and oxygen atoms in total. The number of allylic oxidation sites excluding steroid dienone is 2. The molecular formula is C20H17NO5. The van der Waals surface area contributed by atoms with E-state index in [2.05, 4.69) is 0 Å². The lowest BCUT2D eigenvalue weighted by Crippen LogP contribution is -2.30. The van der Waals surface area contributed by atoms with E-state index in [4.69, 9.17) is 9.15 Å². The molecule has 0 saturated carbocycles. The molecule has 2 aromatic rings. The quantitative estimate of drug-likeness (QED) is 0.367. The molecule has 0 N–H and O–H groups in total. The molecule has 0 bridgehead atoms. The van der Waals surface area contributed by atoms with Crippen LogP contribution in [0.3, 0.4) is 0 Å². The number of carbonyl (C=O) groups is 3. The lowest BCUT2D eigenvalue weighted by atomic mass is 9.82. The molecule has 0 radical (unpaired) electrons. The number of carbonyl (C=O) groups excluding carboxylic acids is 3.